The molecule has 3 nitrogen and oxygen atoms in total. The van der Waals surface area contributed by atoms with E-state index in [1.54, 1.807) is 0 Å². The van der Waals surface area contributed by atoms with Gasteiger partial charge in [-0.2, -0.15) is 0 Å². The van der Waals surface area contributed by atoms with E-state index < -0.39 is 0 Å². The number of aliphatic hydroxyl groups excluding tert-OH is 1. The van der Waals surface area contributed by atoms with E-state index in [1.807, 2.05) is 0 Å². The predicted molar refractivity (Wildman–Crippen MR) is 81.9 cm³/mol. The van der Waals surface area contributed by atoms with Gasteiger partial charge in [0.1, 0.15) is 0 Å². The summed E-state index contributed by atoms with van der Waals surface area (Å²) < 4.78 is 0. The van der Waals surface area contributed by atoms with E-state index in [0.29, 0.717) is 6.61 Å². The largest absolute Gasteiger partial charge is 0.396 e. The van der Waals surface area contributed by atoms with Gasteiger partial charge >= 0.3 is 0 Å². The first-order chi connectivity index (χ1) is 8.68. The molecule has 0 aliphatic heterocycles. The Morgan fingerprint density at radius 1 is 0.833 bits per heavy atom. The van der Waals surface area contributed by atoms with Gasteiger partial charge < -0.3 is 15.7 Å². The van der Waals surface area contributed by atoms with Gasteiger partial charge in [-0.1, -0.05) is 45.4 Å². The molecule has 0 saturated carbocycles. The van der Waals surface area contributed by atoms with Gasteiger partial charge in [-0.3, -0.25) is 0 Å². The third kappa shape index (κ3) is 24.9. The first kappa shape index (κ1) is 20.2. The number of hydrogen-bond donors (Lipinski definition) is 2. The van der Waals surface area contributed by atoms with Gasteiger partial charge in [-0.25, -0.2) is 0 Å². The van der Waals surface area contributed by atoms with Crippen molar-refractivity contribution in [3.8, 4) is 0 Å². The fourth-order valence-electron chi connectivity index (χ4n) is 1.64. The molecule has 3 N–H and O–H groups in total. The van der Waals surface area contributed by atoms with Crippen molar-refractivity contribution in [2.45, 2.75) is 64.7 Å². The van der Waals surface area contributed by atoms with Crippen molar-refractivity contribution in [1.29, 1.82) is 0 Å². The first-order valence-electron chi connectivity index (χ1n) is 7.64. The van der Waals surface area contributed by atoms with Gasteiger partial charge in [0, 0.05) is 6.61 Å². The Hall–Kier alpha value is -0.120. The standard InChI is InChI=1S/C9H21N.C6H15NO/c1-4-5-6-7-8-9-10(2)3;7-5-3-1-2-4-6-8/h4-9H2,1-3H3;8H,1-7H2. The predicted octanol–water partition coefficient (Wildman–Crippen LogP) is 3.02. The summed E-state index contributed by atoms with van der Waals surface area (Å²) in [6.07, 6.45) is 11.3. The van der Waals surface area contributed by atoms with Crippen molar-refractivity contribution in [2.75, 3.05) is 33.8 Å². The molecule has 3 heteroatoms. The van der Waals surface area contributed by atoms with Crippen LogP contribution in [0.4, 0.5) is 0 Å². The molecule has 0 rings (SSSR count). The number of rotatable bonds is 11. The van der Waals surface area contributed by atoms with Crippen LogP contribution in [0.15, 0.2) is 0 Å². The van der Waals surface area contributed by atoms with E-state index in [2.05, 4.69) is 25.9 Å². The molecule has 0 spiro atoms. The maximum absolute atomic E-state index is 8.33. The Kier molecular flexibility index (Phi) is 21.6. The van der Waals surface area contributed by atoms with Crippen LogP contribution in [0.3, 0.4) is 0 Å². The molecule has 0 heterocycles. The lowest BCUT2D eigenvalue weighted by Gasteiger charge is -2.07. The van der Waals surface area contributed by atoms with Crippen LogP contribution in [-0.4, -0.2) is 43.8 Å². The Morgan fingerprint density at radius 3 is 1.89 bits per heavy atom. The van der Waals surface area contributed by atoms with E-state index in [9.17, 15) is 0 Å². The van der Waals surface area contributed by atoms with Crippen LogP contribution in [0.5, 0.6) is 0 Å². The fraction of sp³-hybridized carbons (Fsp3) is 1.00. The summed E-state index contributed by atoms with van der Waals surface area (Å²) >= 11 is 0. The van der Waals surface area contributed by atoms with Crippen LogP contribution in [0.1, 0.15) is 64.7 Å². The van der Waals surface area contributed by atoms with E-state index in [-0.39, 0.29) is 0 Å². The Labute approximate surface area is 115 Å². The van der Waals surface area contributed by atoms with E-state index in [1.165, 1.54) is 38.6 Å². The number of unbranched alkanes of at least 4 members (excludes halogenated alkanes) is 7. The molecule has 0 fully saturated rings. The number of aliphatic hydroxyl groups is 1. The summed E-state index contributed by atoms with van der Waals surface area (Å²) in [5, 5.41) is 8.33. The molecule has 0 amide bonds. The zero-order valence-corrected chi connectivity index (χ0v) is 13.0. The van der Waals surface area contributed by atoms with Crippen LogP contribution in [-0.2, 0) is 0 Å². The van der Waals surface area contributed by atoms with Crippen molar-refractivity contribution < 1.29 is 5.11 Å². The van der Waals surface area contributed by atoms with Crippen LogP contribution in [0.25, 0.3) is 0 Å². The van der Waals surface area contributed by atoms with Crippen molar-refractivity contribution in [3.05, 3.63) is 0 Å². The summed E-state index contributed by atoms with van der Waals surface area (Å²) in [4.78, 5) is 2.26. The van der Waals surface area contributed by atoms with Crippen LogP contribution in [0.2, 0.25) is 0 Å². The minimum Gasteiger partial charge on any atom is -0.396 e. The lowest BCUT2D eigenvalue weighted by atomic mass is 10.1. The summed E-state index contributed by atoms with van der Waals surface area (Å²) in [6.45, 7) is 4.62. The zero-order valence-electron chi connectivity index (χ0n) is 13.0. The van der Waals surface area contributed by atoms with Gasteiger partial charge in [0.2, 0.25) is 0 Å². The van der Waals surface area contributed by atoms with Crippen LogP contribution >= 0.6 is 0 Å². The quantitative estimate of drug-likeness (QED) is 0.561. The minimum absolute atomic E-state index is 0.324. The number of nitrogens with two attached hydrogens (primary N) is 1. The van der Waals surface area contributed by atoms with E-state index in [0.717, 1.165) is 32.2 Å². The molecule has 0 aliphatic rings. The maximum Gasteiger partial charge on any atom is 0.0431 e. The maximum atomic E-state index is 8.33. The van der Waals surface area contributed by atoms with Gasteiger partial charge in [0.15, 0.2) is 0 Å². The fourth-order valence-corrected chi connectivity index (χ4v) is 1.64. The Balaban J connectivity index is 0. The summed E-state index contributed by atoms with van der Waals surface area (Å²) in [6, 6.07) is 0. The van der Waals surface area contributed by atoms with E-state index in [4.69, 9.17) is 10.8 Å². The minimum atomic E-state index is 0.324. The third-order valence-electron chi connectivity index (χ3n) is 2.82. The average molecular weight is 260 g/mol. The molecular weight excluding hydrogens is 224 g/mol. The van der Waals surface area contributed by atoms with Crippen molar-refractivity contribution >= 4 is 0 Å². The summed E-state index contributed by atoms with van der Waals surface area (Å²) in [7, 11) is 4.28. The molecule has 0 unspecified atom stereocenters. The molecule has 0 aromatic carbocycles. The summed E-state index contributed by atoms with van der Waals surface area (Å²) in [5.41, 5.74) is 5.25. The second-order valence-electron chi connectivity index (χ2n) is 5.14. The first-order valence-corrected chi connectivity index (χ1v) is 7.64. The normalized spacial score (nSPS) is 10.3. The number of hydrogen-bond acceptors (Lipinski definition) is 3. The lowest BCUT2D eigenvalue weighted by molar-refractivity contribution is 0.282. The van der Waals surface area contributed by atoms with Crippen molar-refractivity contribution in [3.63, 3.8) is 0 Å². The molecule has 0 atom stereocenters. The Bertz CT molecular complexity index is 124. The third-order valence-corrected chi connectivity index (χ3v) is 2.82. The van der Waals surface area contributed by atoms with Gasteiger partial charge in [0.05, 0.1) is 0 Å². The second-order valence-corrected chi connectivity index (χ2v) is 5.14. The van der Waals surface area contributed by atoms with Gasteiger partial charge in [0.25, 0.3) is 0 Å². The van der Waals surface area contributed by atoms with Gasteiger partial charge in [-0.05, 0) is 46.4 Å². The number of nitrogens with zero attached hydrogens (tertiary/aromatic N) is 1. The molecule has 0 radical (unpaired) electrons. The molecular formula is C15H36N2O. The van der Waals surface area contributed by atoms with Crippen LogP contribution in [0, 0.1) is 0 Å². The zero-order chi connectivity index (χ0) is 14.1. The highest BCUT2D eigenvalue weighted by molar-refractivity contribution is 4.45. The SMILES string of the molecule is CCCCCCCN(C)C.NCCCCCCO. The molecule has 0 aromatic heterocycles. The van der Waals surface area contributed by atoms with Crippen LogP contribution < -0.4 is 5.73 Å². The highest BCUT2D eigenvalue weighted by atomic mass is 16.2. The van der Waals surface area contributed by atoms with Crippen molar-refractivity contribution in [1.82, 2.24) is 4.90 Å². The monoisotopic (exact) mass is 260 g/mol. The lowest BCUT2D eigenvalue weighted by Crippen LogP contribution is -2.12. The van der Waals surface area contributed by atoms with E-state index >= 15 is 0 Å². The smallest absolute Gasteiger partial charge is 0.0431 e. The van der Waals surface area contributed by atoms with Crippen molar-refractivity contribution in [2.24, 2.45) is 5.73 Å². The highest BCUT2D eigenvalue weighted by Gasteiger charge is 1.89. The molecule has 0 aliphatic carbocycles. The second kappa shape index (κ2) is 19.2. The molecule has 112 valence electrons. The molecule has 0 aromatic rings. The highest BCUT2D eigenvalue weighted by Crippen LogP contribution is 2.02. The molecule has 0 bridgehead atoms. The Morgan fingerprint density at radius 2 is 1.39 bits per heavy atom. The van der Waals surface area contributed by atoms with Gasteiger partial charge in [-0.15, -0.1) is 0 Å². The average Bonchev–Trinajstić information content (AvgIpc) is 2.35. The molecule has 0 saturated heterocycles. The molecule has 18 heavy (non-hydrogen) atoms. The topological polar surface area (TPSA) is 49.5 Å². The summed E-state index contributed by atoms with van der Waals surface area (Å²) in [5.74, 6) is 0.